The summed E-state index contributed by atoms with van der Waals surface area (Å²) in [6.45, 7) is 0.153. The van der Waals surface area contributed by atoms with Crippen LogP contribution in [0, 0.1) is 10.1 Å². The zero-order valence-corrected chi connectivity index (χ0v) is 13.5. The van der Waals surface area contributed by atoms with Crippen molar-refractivity contribution in [3.05, 3.63) is 68.7 Å². The molecule has 126 valence electrons. The predicted octanol–water partition coefficient (Wildman–Crippen LogP) is 3.18. The van der Waals surface area contributed by atoms with Gasteiger partial charge in [0.25, 0.3) is 5.69 Å². The van der Waals surface area contributed by atoms with Crippen LogP contribution in [0.5, 0.6) is 0 Å². The van der Waals surface area contributed by atoms with E-state index < -0.39 is 17.0 Å². The molecule has 24 heavy (non-hydrogen) atoms. The second-order valence-corrected chi connectivity index (χ2v) is 5.37. The molecule has 0 saturated carbocycles. The summed E-state index contributed by atoms with van der Waals surface area (Å²) in [5.41, 5.74) is 0.621. The molecule has 0 aliphatic carbocycles. The van der Waals surface area contributed by atoms with E-state index in [9.17, 15) is 20.0 Å². The van der Waals surface area contributed by atoms with Gasteiger partial charge in [0.2, 0.25) is 0 Å². The van der Waals surface area contributed by atoms with Gasteiger partial charge in [0.1, 0.15) is 5.56 Å². The first kappa shape index (κ1) is 17.7. The largest absolute Gasteiger partial charge is 0.465 e. The first-order valence-electron chi connectivity index (χ1n) is 6.96. The molecule has 2 N–H and O–H groups in total. The van der Waals surface area contributed by atoms with Gasteiger partial charge in [0.05, 0.1) is 18.1 Å². The molecule has 0 aliphatic rings. The minimum absolute atomic E-state index is 0.153. The summed E-state index contributed by atoms with van der Waals surface area (Å²) < 4.78 is 4.56. The van der Waals surface area contributed by atoms with Crippen molar-refractivity contribution in [1.82, 2.24) is 0 Å². The fourth-order valence-corrected chi connectivity index (χ4v) is 2.22. The van der Waals surface area contributed by atoms with Gasteiger partial charge in [-0.25, -0.2) is 4.79 Å². The summed E-state index contributed by atoms with van der Waals surface area (Å²) in [4.78, 5) is 22.0. The van der Waals surface area contributed by atoms with E-state index >= 15 is 0 Å². The van der Waals surface area contributed by atoms with Crippen LogP contribution in [0.3, 0.4) is 0 Å². The third-order valence-electron chi connectivity index (χ3n) is 3.35. The molecule has 1 atom stereocenters. The molecule has 0 heterocycles. The Morgan fingerprint density at radius 2 is 2.00 bits per heavy atom. The molecule has 8 heteroatoms. The molecule has 0 saturated heterocycles. The maximum absolute atomic E-state index is 11.7. The average Bonchev–Trinajstić information content (AvgIpc) is 2.59. The normalized spacial score (nSPS) is 11.6. The van der Waals surface area contributed by atoms with Gasteiger partial charge in [-0.2, -0.15) is 0 Å². The topological polar surface area (TPSA) is 102 Å². The Hall–Kier alpha value is -2.64. The Kier molecular flexibility index (Phi) is 5.73. The van der Waals surface area contributed by atoms with Crippen molar-refractivity contribution in [3.63, 3.8) is 0 Å². The van der Waals surface area contributed by atoms with Gasteiger partial charge in [0, 0.05) is 23.3 Å². The quantitative estimate of drug-likeness (QED) is 0.471. The van der Waals surface area contributed by atoms with Gasteiger partial charge in [-0.05, 0) is 29.8 Å². The summed E-state index contributed by atoms with van der Waals surface area (Å²) in [6.07, 6.45) is -0.806. The molecule has 0 aromatic heterocycles. The fourth-order valence-electron chi connectivity index (χ4n) is 2.10. The molecule has 0 amide bonds. The lowest BCUT2D eigenvalue weighted by Crippen LogP contribution is -2.13. The molecule has 2 rings (SSSR count). The van der Waals surface area contributed by atoms with Crippen molar-refractivity contribution in [3.8, 4) is 0 Å². The summed E-state index contributed by atoms with van der Waals surface area (Å²) in [7, 11) is 1.15. The number of methoxy groups -OCH3 is 1. The Morgan fingerprint density at radius 1 is 1.33 bits per heavy atom. The number of nitro groups is 1. The van der Waals surface area contributed by atoms with Crippen LogP contribution in [0.15, 0.2) is 42.5 Å². The third kappa shape index (κ3) is 4.21. The second-order valence-electron chi connectivity index (χ2n) is 4.93. The van der Waals surface area contributed by atoms with Crippen LogP contribution in [0.1, 0.15) is 22.0 Å². The second kappa shape index (κ2) is 7.76. The standard InChI is InChI=1S/C16H15ClN2O5/c1-24-16(21)13-8-12(6-7-14(13)19(22)23)18-9-15(20)10-2-4-11(17)5-3-10/h2-8,15,18,20H,9H2,1H3. The number of nitro benzene ring substituents is 1. The van der Waals surface area contributed by atoms with Gasteiger partial charge in [-0.1, -0.05) is 23.7 Å². The number of benzene rings is 2. The number of carbonyl (C=O) groups excluding carboxylic acids is 1. The van der Waals surface area contributed by atoms with Crippen molar-refractivity contribution in [2.75, 3.05) is 19.0 Å². The maximum Gasteiger partial charge on any atom is 0.344 e. The highest BCUT2D eigenvalue weighted by Gasteiger charge is 2.21. The van der Waals surface area contributed by atoms with Crippen molar-refractivity contribution >= 4 is 28.9 Å². The molecule has 7 nitrogen and oxygen atoms in total. The number of esters is 1. The number of hydrogen-bond donors (Lipinski definition) is 2. The average molecular weight is 351 g/mol. The number of nitrogens with one attached hydrogen (secondary N) is 1. The van der Waals surface area contributed by atoms with E-state index in [-0.39, 0.29) is 17.8 Å². The number of rotatable bonds is 6. The van der Waals surface area contributed by atoms with Crippen LogP contribution < -0.4 is 5.32 Å². The zero-order chi connectivity index (χ0) is 17.7. The van der Waals surface area contributed by atoms with E-state index in [4.69, 9.17) is 11.6 Å². The van der Waals surface area contributed by atoms with Crippen LogP contribution in [0.25, 0.3) is 0 Å². The number of hydrogen-bond acceptors (Lipinski definition) is 6. The summed E-state index contributed by atoms with van der Waals surface area (Å²) in [6, 6.07) is 10.7. The van der Waals surface area contributed by atoms with Crippen molar-refractivity contribution in [2.24, 2.45) is 0 Å². The van der Waals surface area contributed by atoms with E-state index in [2.05, 4.69) is 10.1 Å². The van der Waals surface area contributed by atoms with Crippen LogP contribution in [-0.4, -0.2) is 29.7 Å². The molecule has 2 aromatic rings. The molecule has 0 radical (unpaired) electrons. The number of halogens is 1. The molecular weight excluding hydrogens is 336 g/mol. The Labute approximate surface area is 143 Å². The number of aliphatic hydroxyl groups excluding tert-OH is 1. The summed E-state index contributed by atoms with van der Waals surface area (Å²) in [5, 5.41) is 24.6. The number of aliphatic hydroxyl groups is 1. The Bertz CT molecular complexity index is 749. The van der Waals surface area contributed by atoms with Crippen LogP contribution in [-0.2, 0) is 4.74 Å². The van der Waals surface area contributed by atoms with Gasteiger partial charge in [-0.15, -0.1) is 0 Å². The molecule has 0 bridgehead atoms. The number of anilines is 1. The number of carbonyl (C=O) groups is 1. The van der Waals surface area contributed by atoms with Gasteiger partial charge in [0.15, 0.2) is 0 Å². The molecule has 2 aromatic carbocycles. The molecule has 0 fully saturated rings. The molecule has 0 spiro atoms. The van der Waals surface area contributed by atoms with E-state index in [0.29, 0.717) is 16.3 Å². The Morgan fingerprint density at radius 3 is 2.58 bits per heavy atom. The van der Waals surface area contributed by atoms with E-state index in [1.165, 1.54) is 18.2 Å². The van der Waals surface area contributed by atoms with E-state index in [0.717, 1.165) is 7.11 Å². The SMILES string of the molecule is COC(=O)c1cc(NCC(O)c2ccc(Cl)cc2)ccc1[N+](=O)[O-]. The number of ether oxygens (including phenoxy) is 1. The van der Waals surface area contributed by atoms with E-state index in [1.807, 2.05) is 0 Å². The lowest BCUT2D eigenvalue weighted by molar-refractivity contribution is -0.385. The van der Waals surface area contributed by atoms with E-state index in [1.54, 1.807) is 24.3 Å². The van der Waals surface area contributed by atoms with Crippen LogP contribution in [0.2, 0.25) is 5.02 Å². The first-order valence-corrected chi connectivity index (χ1v) is 7.34. The lowest BCUT2D eigenvalue weighted by Gasteiger charge is -2.14. The highest BCUT2D eigenvalue weighted by molar-refractivity contribution is 6.30. The highest BCUT2D eigenvalue weighted by atomic mass is 35.5. The van der Waals surface area contributed by atoms with Crippen molar-refractivity contribution in [1.29, 1.82) is 0 Å². The molecule has 0 aliphatic heterocycles. The minimum Gasteiger partial charge on any atom is -0.465 e. The zero-order valence-electron chi connectivity index (χ0n) is 12.7. The van der Waals surface area contributed by atoms with Crippen LogP contribution >= 0.6 is 11.6 Å². The van der Waals surface area contributed by atoms with Crippen molar-refractivity contribution < 1.29 is 19.6 Å². The summed E-state index contributed by atoms with van der Waals surface area (Å²) >= 11 is 5.79. The highest BCUT2D eigenvalue weighted by Crippen LogP contribution is 2.24. The summed E-state index contributed by atoms with van der Waals surface area (Å²) in [5.74, 6) is -0.802. The van der Waals surface area contributed by atoms with Gasteiger partial charge < -0.3 is 15.2 Å². The predicted molar refractivity (Wildman–Crippen MR) is 89.3 cm³/mol. The van der Waals surface area contributed by atoms with Crippen molar-refractivity contribution in [2.45, 2.75) is 6.10 Å². The van der Waals surface area contributed by atoms with Crippen LogP contribution in [0.4, 0.5) is 11.4 Å². The number of nitrogens with zero attached hydrogens (tertiary/aromatic N) is 1. The minimum atomic E-state index is -0.806. The Balaban J connectivity index is 2.13. The third-order valence-corrected chi connectivity index (χ3v) is 3.60. The molecular formula is C16H15ClN2O5. The first-order chi connectivity index (χ1) is 11.4. The van der Waals surface area contributed by atoms with Gasteiger partial charge >= 0.3 is 5.97 Å². The van der Waals surface area contributed by atoms with Gasteiger partial charge in [-0.3, -0.25) is 10.1 Å². The monoisotopic (exact) mass is 350 g/mol. The fraction of sp³-hybridized carbons (Fsp3) is 0.188. The molecule has 1 unspecified atom stereocenters. The maximum atomic E-state index is 11.7. The smallest absolute Gasteiger partial charge is 0.344 e. The lowest BCUT2D eigenvalue weighted by atomic mass is 10.1.